The van der Waals surface area contributed by atoms with Gasteiger partial charge >= 0.3 is 0 Å². The van der Waals surface area contributed by atoms with Crippen LogP contribution in [0.15, 0.2) is 77.7 Å². The molecule has 7 nitrogen and oxygen atoms in total. The summed E-state index contributed by atoms with van der Waals surface area (Å²) in [6.45, 7) is 9.48. The molecule has 4 aromatic rings. The van der Waals surface area contributed by atoms with Gasteiger partial charge in [0.25, 0.3) is 5.91 Å². The first-order valence-corrected chi connectivity index (χ1v) is 15.0. The van der Waals surface area contributed by atoms with Crippen molar-refractivity contribution in [3.05, 3.63) is 89.5 Å². The third-order valence-electron chi connectivity index (χ3n) is 6.60. The van der Waals surface area contributed by atoms with Crippen LogP contribution in [-0.2, 0) is 16.6 Å². The molecular formula is C29H35ClN4O3S2. The van der Waals surface area contributed by atoms with Crippen LogP contribution >= 0.6 is 23.7 Å². The highest BCUT2D eigenvalue weighted by Gasteiger charge is 2.24. The largest absolute Gasteiger partial charge is 0.302 e. The number of hydrogen-bond acceptors (Lipinski definition) is 6. The summed E-state index contributed by atoms with van der Waals surface area (Å²) in [6, 6.07) is 21.7. The summed E-state index contributed by atoms with van der Waals surface area (Å²) in [5.41, 5.74) is 3.33. The van der Waals surface area contributed by atoms with Gasteiger partial charge in [-0.15, -0.1) is 12.4 Å². The van der Waals surface area contributed by atoms with Crippen molar-refractivity contribution in [2.45, 2.75) is 32.2 Å². The van der Waals surface area contributed by atoms with Gasteiger partial charge in [0, 0.05) is 32.2 Å². The number of hydrogen-bond donors (Lipinski definition) is 0. The molecule has 0 aliphatic carbocycles. The lowest BCUT2D eigenvalue weighted by Gasteiger charge is -2.25. The van der Waals surface area contributed by atoms with E-state index in [0.29, 0.717) is 23.8 Å². The minimum Gasteiger partial charge on any atom is -0.302 e. The molecule has 39 heavy (non-hydrogen) atoms. The summed E-state index contributed by atoms with van der Waals surface area (Å²) in [5.74, 6) is -0.200. The van der Waals surface area contributed by atoms with Crippen molar-refractivity contribution in [1.29, 1.82) is 0 Å². The van der Waals surface area contributed by atoms with Gasteiger partial charge in [0.2, 0.25) is 10.0 Å². The van der Waals surface area contributed by atoms with Crippen molar-refractivity contribution in [2.24, 2.45) is 0 Å². The molecule has 0 fully saturated rings. The first kappa shape index (κ1) is 30.7. The molecule has 10 heteroatoms. The first-order chi connectivity index (χ1) is 18.2. The Kier molecular flexibility index (Phi) is 10.6. The van der Waals surface area contributed by atoms with E-state index in [1.54, 1.807) is 24.1 Å². The zero-order valence-electron chi connectivity index (χ0n) is 22.7. The van der Waals surface area contributed by atoms with Crippen LogP contribution in [0.4, 0.5) is 5.13 Å². The number of aromatic nitrogens is 1. The van der Waals surface area contributed by atoms with E-state index in [1.165, 1.54) is 27.8 Å². The van der Waals surface area contributed by atoms with E-state index in [2.05, 4.69) is 24.8 Å². The summed E-state index contributed by atoms with van der Waals surface area (Å²) < 4.78 is 28.7. The van der Waals surface area contributed by atoms with E-state index in [0.717, 1.165) is 34.4 Å². The number of carbonyl (C=O) groups is 1. The number of likely N-dealkylation sites (N-methyl/N-ethyl adjacent to an activating group) is 1. The van der Waals surface area contributed by atoms with E-state index in [1.807, 2.05) is 49.4 Å². The van der Waals surface area contributed by atoms with Crippen LogP contribution in [0.5, 0.6) is 0 Å². The van der Waals surface area contributed by atoms with Gasteiger partial charge in [0.15, 0.2) is 5.13 Å². The number of benzene rings is 3. The fourth-order valence-electron chi connectivity index (χ4n) is 4.23. The maximum Gasteiger partial charge on any atom is 0.260 e. The fraction of sp³-hybridized carbons (Fsp3) is 0.310. The van der Waals surface area contributed by atoms with Crippen LogP contribution in [0.2, 0.25) is 0 Å². The van der Waals surface area contributed by atoms with Crippen LogP contribution in [0, 0.1) is 6.92 Å². The van der Waals surface area contributed by atoms with E-state index in [4.69, 9.17) is 4.98 Å². The molecule has 0 aliphatic rings. The smallest absolute Gasteiger partial charge is 0.260 e. The lowest BCUT2D eigenvalue weighted by Crippen LogP contribution is -2.38. The second-order valence-corrected chi connectivity index (χ2v) is 12.3. The Hall–Kier alpha value is -2.82. The molecule has 1 heterocycles. The second-order valence-electron chi connectivity index (χ2n) is 9.22. The van der Waals surface area contributed by atoms with E-state index >= 15 is 0 Å². The summed E-state index contributed by atoms with van der Waals surface area (Å²) in [4.78, 5) is 22.6. The van der Waals surface area contributed by atoms with Gasteiger partial charge in [-0.05, 0) is 67.5 Å². The Bertz CT molecular complexity index is 1490. The molecule has 0 aliphatic heterocycles. The Labute approximate surface area is 241 Å². The molecule has 4 rings (SSSR count). The number of amides is 1. The van der Waals surface area contributed by atoms with E-state index < -0.39 is 10.0 Å². The number of anilines is 1. The summed E-state index contributed by atoms with van der Waals surface area (Å²) in [5, 5.41) is 0.641. The first-order valence-electron chi connectivity index (χ1n) is 12.7. The van der Waals surface area contributed by atoms with Crippen LogP contribution in [0.3, 0.4) is 0 Å². The zero-order chi connectivity index (χ0) is 27.3. The number of nitrogens with zero attached hydrogens (tertiary/aromatic N) is 4. The van der Waals surface area contributed by atoms with Crippen LogP contribution < -0.4 is 4.90 Å². The average Bonchev–Trinajstić information content (AvgIpc) is 3.34. The standard InChI is InChI=1S/C29H34N4O3S2.ClH/c1-5-32(6-2)18-19-33(29-30-26-17-12-22(3)20-27(26)37-29)28(34)24-13-15-25(16-14-24)38(35,36)31(4)21-23-10-8-7-9-11-23;/h7-17,20H,5-6,18-19,21H2,1-4H3;1H. The SMILES string of the molecule is CCN(CC)CCN(C(=O)c1ccc(S(=O)(=O)N(C)Cc2ccccc2)cc1)c1nc2ccc(C)cc2s1.Cl. The predicted molar refractivity (Wildman–Crippen MR) is 163 cm³/mol. The molecule has 0 bridgehead atoms. The minimum absolute atomic E-state index is 0. The Morgan fingerprint density at radius 2 is 1.59 bits per heavy atom. The van der Waals surface area contributed by atoms with Gasteiger partial charge in [-0.3, -0.25) is 9.69 Å². The van der Waals surface area contributed by atoms with Crippen LogP contribution in [-0.4, -0.2) is 61.7 Å². The van der Waals surface area contributed by atoms with Gasteiger partial charge in [-0.25, -0.2) is 13.4 Å². The van der Waals surface area contributed by atoms with Gasteiger partial charge < -0.3 is 4.90 Å². The van der Waals surface area contributed by atoms with Crippen molar-refractivity contribution < 1.29 is 13.2 Å². The molecule has 208 valence electrons. The van der Waals surface area contributed by atoms with Gasteiger partial charge in [0.05, 0.1) is 15.1 Å². The fourth-order valence-corrected chi connectivity index (χ4v) is 6.48. The number of fused-ring (bicyclic) bond motifs is 1. The third-order valence-corrected chi connectivity index (χ3v) is 9.46. The summed E-state index contributed by atoms with van der Waals surface area (Å²) in [7, 11) is -2.15. The van der Waals surface area contributed by atoms with Crippen LogP contribution in [0.1, 0.15) is 35.3 Å². The molecular weight excluding hydrogens is 552 g/mol. The normalized spacial score (nSPS) is 11.6. The number of rotatable bonds is 11. The molecule has 0 saturated carbocycles. The Morgan fingerprint density at radius 3 is 2.23 bits per heavy atom. The third kappa shape index (κ3) is 7.23. The van der Waals surface area contributed by atoms with Gasteiger partial charge in [-0.1, -0.05) is 61.6 Å². The lowest BCUT2D eigenvalue weighted by atomic mass is 10.2. The quantitative estimate of drug-likeness (QED) is 0.221. The molecule has 0 unspecified atom stereocenters. The summed E-state index contributed by atoms with van der Waals surface area (Å²) in [6.07, 6.45) is 0. The maximum atomic E-state index is 13.7. The highest BCUT2D eigenvalue weighted by atomic mass is 35.5. The predicted octanol–water partition coefficient (Wildman–Crippen LogP) is 5.84. The van der Waals surface area contributed by atoms with Gasteiger partial charge in [-0.2, -0.15) is 4.31 Å². The number of sulfonamides is 1. The lowest BCUT2D eigenvalue weighted by molar-refractivity contribution is 0.0983. The highest BCUT2D eigenvalue weighted by molar-refractivity contribution is 7.89. The van der Waals surface area contributed by atoms with Crippen LogP contribution in [0.25, 0.3) is 10.2 Å². The second kappa shape index (κ2) is 13.5. The molecule has 0 saturated heterocycles. The molecule has 0 radical (unpaired) electrons. The number of thiazole rings is 1. The average molecular weight is 587 g/mol. The van der Waals surface area contributed by atoms with Crippen molar-refractivity contribution in [3.8, 4) is 0 Å². The van der Waals surface area contributed by atoms with Gasteiger partial charge in [0.1, 0.15) is 0 Å². The monoisotopic (exact) mass is 586 g/mol. The Balaban J connectivity index is 0.00000420. The summed E-state index contributed by atoms with van der Waals surface area (Å²) >= 11 is 1.49. The molecule has 1 amide bonds. The minimum atomic E-state index is -3.71. The zero-order valence-corrected chi connectivity index (χ0v) is 25.2. The topological polar surface area (TPSA) is 73.8 Å². The molecule has 3 aromatic carbocycles. The van der Waals surface area contributed by atoms with E-state index in [-0.39, 0.29) is 29.8 Å². The number of carbonyl (C=O) groups excluding carboxylic acids is 1. The molecule has 0 spiro atoms. The van der Waals surface area contributed by atoms with Crippen molar-refractivity contribution >= 4 is 55.0 Å². The molecule has 0 N–H and O–H groups in total. The highest BCUT2D eigenvalue weighted by Crippen LogP contribution is 2.30. The molecule has 0 atom stereocenters. The molecule has 1 aromatic heterocycles. The van der Waals surface area contributed by atoms with Crippen molar-refractivity contribution in [2.75, 3.05) is 38.1 Å². The maximum absolute atomic E-state index is 13.7. The Morgan fingerprint density at radius 1 is 0.923 bits per heavy atom. The van der Waals surface area contributed by atoms with Crippen molar-refractivity contribution in [1.82, 2.24) is 14.2 Å². The van der Waals surface area contributed by atoms with Crippen molar-refractivity contribution in [3.63, 3.8) is 0 Å². The van der Waals surface area contributed by atoms with E-state index in [9.17, 15) is 13.2 Å². The number of aryl methyl sites for hydroxylation is 1. The number of halogens is 1.